The maximum atomic E-state index is 13.2. The monoisotopic (exact) mass is 522 g/mol. The van der Waals surface area contributed by atoms with Crippen LogP contribution in [0.3, 0.4) is 0 Å². The molecule has 3 heterocycles. The van der Waals surface area contributed by atoms with E-state index in [9.17, 15) is 19.8 Å². The summed E-state index contributed by atoms with van der Waals surface area (Å²) in [6.07, 6.45) is 1.80. The molecular weight excluding hydrogens is 480 g/mol. The molecule has 8 nitrogen and oxygen atoms in total. The maximum absolute atomic E-state index is 13.2. The van der Waals surface area contributed by atoms with Crippen LogP contribution in [0.2, 0.25) is 0 Å². The zero-order chi connectivity index (χ0) is 26.8. The number of nitrogens with two attached hydrogens (primary N) is 1. The van der Waals surface area contributed by atoms with Crippen LogP contribution in [0.25, 0.3) is 6.08 Å². The molecule has 7 atom stereocenters. The molecule has 0 aromatic carbocycles. The van der Waals surface area contributed by atoms with E-state index < -0.39 is 35.6 Å². The Kier molecular flexibility index (Phi) is 9.15. The summed E-state index contributed by atoms with van der Waals surface area (Å²) in [4.78, 5) is 30.7. The number of aliphatic hydroxyl groups is 2. The molecule has 2 unspecified atom stereocenters. The summed E-state index contributed by atoms with van der Waals surface area (Å²) >= 11 is 1.48. The minimum atomic E-state index is -1.24. The fourth-order valence-corrected chi connectivity index (χ4v) is 5.74. The number of hydrogen-bond donors (Lipinski definition) is 3. The first-order valence-electron chi connectivity index (χ1n) is 12.9. The molecule has 0 radical (unpaired) electrons. The number of cyclic esters (lactones) is 1. The summed E-state index contributed by atoms with van der Waals surface area (Å²) in [5.74, 6) is -1.59. The first-order valence-corrected chi connectivity index (χ1v) is 13.8. The zero-order valence-electron chi connectivity index (χ0n) is 22.3. The third-order valence-electron chi connectivity index (χ3n) is 8.03. The van der Waals surface area contributed by atoms with Crippen molar-refractivity contribution in [3.05, 3.63) is 21.7 Å². The van der Waals surface area contributed by atoms with E-state index in [1.807, 2.05) is 25.3 Å². The van der Waals surface area contributed by atoms with Crippen molar-refractivity contribution in [2.24, 2.45) is 23.0 Å². The number of epoxide rings is 1. The second-order valence-corrected chi connectivity index (χ2v) is 12.3. The Bertz CT molecular complexity index is 975. The van der Waals surface area contributed by atoms with Crippen LogP contribution in [0.4, 0.5) is 0 Å². The molecule has 2 aliphatic heterocycles. The summed E-state index contributed by atoms with van der Waals surface area (Å²) in [7, 11) is 0. The summed E-state index contributed by atoms with van der Waals surface area (Å²) in [6, 6.07) is 0. The van der Waals surface area contributed by atoms with E-state index >= 15 is 0 Å². The molecule has 3 rings (SSSR count). The normalized spacial score (nSPS) is 36.8. The van der Waals surface area contributed by atoms with E-state index in [1.54, 1.807) is 20.8 Å². The van der Waals surface area contributed by atoms with Gasteiger partial charge in [-0.15, -0.1) is 11.3 Å². The Hall–Kier alpha value is -1.65. The van der Waals surface area contributed by atoms with Gasteiger partial charge in [0.1, 0.15) is 16.9 Å². The Balaban J connectivity index is 1.85. The molecule has 4 N–H and O–H groups in total. The molecule has 202 valence electrons. The van der Waals surface area contributed by atoms with E-state index in [0.717, 1.165) is 35.5 Å². The molecule has 0 saturated carbocycles. The number of Topliss-reactive ketones (excluding diaryl/α,β-unsaturated/α-hetero) is 1. The fraction of sp³-hybridized carbons (Fsp3) is 0.741. The second kappa shape index (κ2) is 11.4. The van der Waals surface area contributed by atoms with Crippen molar-refractivity contribution in [2.75, 3.05) is 0 Å². The van der Waals surface area contributed by atoms with E-state index in [0.29, 0.717) is 13.0 Å². The number of fused-ring (bicyclic) bond motifs is 1. The average molecular weight is 523 g/mol. The van der Waals surface area contributed by atoms with Crippen LogP contribution in [-0.4, -0.2) is 57.0 Å². The Morgan fingerprint density at radius 3 is 2.61 bits per heavy atom. The maximum Gasteiger partial charge on any atom is 0.309 e. The molecule has 36 heavy (non-hydrogen) atoms. The van der Waals surface area contributed by atoms with Crippen molar-refractivity contribution in [1.29, 1.82) is 0 Å². The van der Waals surface area contributed by atoms with E-state index in [4.69, 9.17) is 15.2 Å². The van der Waals surface area contributed by atoms with Gasteiger partial charge in [0.2, 0.25) is 0 Å². The first kappa shape index (κ1) is 28.9. The predicted octanol–water partition coefficient (Wildman–Crippen LogP) is 3.63. The van der Waals surface area contributed by atoms with Gasteiger partial charge in [0.15, 0.2) is 0 Å². The number of ether oxygens (including phenoxy) is 2. The molecule has 2 saturated heterocycles. The van der Waals surface area contributed by atoms with Crippen molar-refractivity contribution in [3.63, 3.8) is 0 Å². The molecule has 0 amide bonds. The SMILES string of the molecule is C/C(=C\c1csc(CN)n1)[C@@H]1C[C@@H]2O[C@]2(C)CCCC(C)C(O)[C@@H](C)C(=O)C(C)(C)[C@@H](O)CC(=O)O1. The summed E-state index contributed by atoms with van der Waals surface area (Å²) in [5.41, 5.74) is 5.74. The standard InChI is InChI=1S/C27H42N2O6S/c1-15-8-7-9-27(6)21(35-27)11-19(16(2)10-18-14-36-22(13-28)29-18)34-23(31)12-20(30)26(4,5)25(33)17(3)24(15)32/h10,14-15,17,19-21,24,30,32H,7-9,11-13,28H2,1-6H3/b16-10+/t15?,17-,19+,20+,21+,24?,27-/m1/s1. The molecule has 1 aromatic heterocycles. The molecule has 9 heteroatoms. The molecule has 0 aliphatic carbocycles. The molecule has 1 aromatic rings. The third-order valence-corrected chi connectivity index (χ3v) is 8.92. The number of carbonyl (C=O) groups is 2. The van der Waals surface area contributed by atoms with Gasteiger partial charge in [-0.2, -0.15) is 0 Å². The third kappa shape index (κ3) is 6.61. The van der Waals surface area contributed by atoms with Gasteiger partial charge in [-0.05, 0) is 44.3 Å². The van der Waals surface area contributed by atoms with Gasteiger partial charge in [0.05, 0.1) is 41.4 Å². The first-order chi connectivity index (χ1) is 16.8. The summed E-state index contributed by atoms with van der Waals surface area (Å²) in [6.45, 7) is 11.2. The minimum Gasteiger partial charge on any atom is -0.458 e. The quantitative estimate of drug-likeness (QED) is 0.405. The molecule has 0 spiro atoms. The topological polar surface area (TPSA) is 135 Å². The molecule has 2 aliphatic rings. The highest BCUT2D eigenvalue weighted by Gasteiger charge is 2.53. The smallest absolute Gasteiger partial charge is 0.309 e. The van der Waals surface area contributed by atoms with Crippen LogP contribution in [-0.2, 0) is 25.6 Å². The number of thiazole rings is 1. The number of nitrogens with zero attached hydrogens (tertiary/aromatic N) is 1. The number of hydrogen-bond acceptors (Lipinski definition) is 9. The van der Waals surface area contributed by atoms with Crippen molar-refractivity contribution in [1.82, 2.24) is 4.98 Å². The van der Waals surface area contributed by atoms with E-state index in [2.05, 4.69) is 11.9 Å². The largest absolute Gasteiger partial charge is 0.458 e. The van der Waals surface area contributed by atoms with Gasteiger partial charge >= 0.3 is 5.97 Å². The van der Waals surface area contributed by atoms with Gasteiger partial charge in [-0.25, -0.2) is 4.98 Å². The van der Waals surface area contributed by atoms with Crippen molar-refractivity contribution >= 4 is 29.2 Å². The lowest BCUT2D eigenvalue weighted by molar-refractivity contribution is -0.154. The lowest BCUT2D eigenvalue weighted by Gasteiger charge is -2.34. The van der Waals surface area contributed by atoms with Crippen LogP contribution in [0.1, 0.15) is 84.3 Å². The van der Waals surface area contributed by atoms with Gasteiger partial charge in [0, 0.05) is 24.3 Å². The number of aliphatic hydroxyl groups excluding tert-OH is 2. The van der Waals surface area contributed by atoms with Crippen LogP contribution < -0.4 is 5.73 Å². The zero-order valence-corrected chi connectivity index (χ0v) is 23.1. The van der Waals surface area contributed by atoms with Gasteiger partial charge in [-0.3, -0.25) is 9.59 Å². The molecule has 0 bridgehead atoms. The lowest BCUT2D eigenvalue weighted by Crippen LogP contribution is -2.45. The van der Waals surface area contributed by atoms with E-state index in [1.165, 1.54) is 11.3 Å². The Morgan fingerprint density at radius 2 is 1.97 bits per heavy atom. The van der Waals surface area contributed by atoms with Gasteiger partial charge < -0.3 is 25.4 Å². The molecular formula is C27H42N2O6S. The average Bonchev–Trinajstić information content (AvgIpc) is 3.23. The highest BCUT2D eigenvalue weighted by Crippen LogP contribution is 2.45. The van der Waals surface area contributed by atoms with Crippen molar-refractivity contribution in [3.8, 4) is 0 Å². The van der Waals surface area contributed by atoms with Crippen molar-refractivity contribution in [2.45, 2.75) is 110 Å². The number of aromatic nitrogens is 1. The fourth-order valence-electron chi connectivity index (χ4n) is 5.11. The Morgan fingerprint density at radius 1 is 1.28 bits per heavy atom. The highest BCUT2D eigenvalue weighted by atomic mass is 32.1. The Labute approximate surface area is 218 Å². The van der Waals surface area contributed by atoms with Gasteiger partial charge in [-0.1, -0.05) is 34.1 Å². The summed E-state index contributed by atoms with van der Waals surface area (Å²) < 4.78 is 11.9. The van der Waals surface area contributed by atoms with Gasteiger partial charge in [0.25, 0.3) is 0 Å². The lowest BCUT2D eigenvalue weighted by atomic mass is 9.73. The number of ketones is 1. The van der Waals surface area contributed by atoms with Crippen LogP contribution in [0.15, 0.2) is 11.0 Å². The minimum absolute atomic E-state index is 0.0660. The highest BCUT2D eigenvalue weighted by molar-refractivity contribution is 7.09. The molecule has 2 fully saturated rings. The second-order valence-electron chi connectivity index (χ2n) is 11.3. The number of rotatable bonds is 3. The van der Waals surface area contributed by atoms with Crippen LogP contribution >= 0.6 is 11.3 Å². The predicted molar refractivity (Wildman–Crippen MR) is 139 cm³/mol. The van der Waals surface area contributed by atoms with E-state index in [-0.39, 0.29) is 29.8 Å². The van der Waals surface area contributed by atoms with Crippen molar-refractivity contribution < 1.29 is 29.3 Å². The summed E-state index contributed by atoms with van der Waals surface area (Å²) in [5, 5.41) is 24.5. The number of carbonyl (C=O) groups excluding carboxylic acids is 2. The van der Waals surface area contributed by atoms with Crippen LogP contribution in [0.5, 0.6) is 0 Å². The van der Waals surface area contributed by atoms with Crippen LogP contribution in [0, 0.1) is 17.3 Å². The number of esters is 1.